The van der Waals surface area contributed by atoms with Crippen LogP contribution < -0.4 is 10.6 Å². The normalized spacial score (nSPS) is 20.8. The number of nitrogens with zero attached hydrogens (tertiary/aromatic N) is 1. The van der Waals surface area contributed by atoms with E-state index >= 15 is 0 Å². The summed E-state index contributed by atoms with van der Waals surface area (Å²) in [6.07, 6.45) is 2.34. The van der Waals surface area contributed by atoms with Crippen molar-refractivity contribution in [2.45, 2.75) is 25.8 Å². The Balaban J connectivity index is 2.11. The van der Waals surface area contributed by atoms with Gasteiger partial charge in [0.25, 0.3) is 5.69 Å². The molecular formula is C13H18IN3O2. The van der Waals surface area contributed by atoms with Crippen LogP contribution in [-0.2, 0) is 0 Å². The molecule has 1 aromatic rings. The molecule has 0 saturated carbocycles. The first-order valence-electron chi connectivity index (χ1n) is 6.49. The van der Waals surface area contributed by atoms with Crippen molar-refractivity contribution in [1.29, 1.82) is 0 Å². The molecule has 0 radical (unpaired) electrons. The molecule has 2 rings (SSSR count). The van der Waals surface area contributed by atoms with Crippen molar-refractivity contribution in [2.24, 2.45) is 5.92 Å². The monoisotopic (exact) mass is 375 g/mol. The summed E-state index contributed by atoms with van der Waals surface area (Å²) in [4.78, 5) is 10.8. The van der Waals surface area contributed by atoms with Gasteiger partial charge in [0.05, 0.1) is 4.92 Å². The highest BCUT2D eigenvalue weighted by Crippen LogP contribution is 2.28. The molecule has 2 N–H and O–H groups in total. The Morgan fingerprint density at radius 2 is 2.37 bits per heavy atom. The van der Waals surface area contributed by atoms with Gasteiger partial charge in [-0.15, -0.1) is 0 Å². The molecule has 1 heterocycles. The second-order valence-corrected chi connectivity index (χ2v) is 6.20. The lowest BCUT2D eigenvalue weighted by molar-refractivity contribution is -0.384. The van der Waals surface area contributed by atoms with E-state index in [1.165, 1.54) is 12.8 Å². The predicted molar refractivity (Wildman–Crippen MR) is 84.5 cm³/mol. The van der Waals surface area contributed by atoms with Crippen LogP contribution in [0.25, 0.3) is 0 Å². The van der Waals surface area contributed by atoms with E-state index in [4.69, 9.17) is 0 Å². The van der Waals surface area contributed by atoms with Crippen LogP contribution in [0.2, 0.25) is 0 Å². The van der Waals surface area contributed by atoms with Crippen molar-refractivity contribution in [1.82, 2.24) is 5.32 Å². The van der Waals surface area contributed by atoms with Crippen molar-refractivity contribution in [3.8, 4) is 0 Å². The largest absolute Gasteiger partial charge is 0.377 e. The van der Waals surface area contributed by atoms with E-state index in [0.29, 0.717) is 11.6 Å². The highest BCUT2D eigenvalue weighted by atomic mass is 127. The van der Waals surface area contributed by atoms with Crippen LogP contribution in [0.15, 0.2) is 18.2 Å². The third-order valence-electron chi connectivity index (χ3n) is 3.58. The highest BCUT2D eigenvalue weighted by molar-refractivity contribution is 14.1. The first-order chi connectivity index (χ1) is 9.08. The molecule has 1 aliphatic heterocycles. The van der Waals surface area contributed by atoms with E-state index in [0.717, 1.165) is 16.7 Å². The lowest BCUT2D eigenvalue weighted by Gasteiger charge is -2.29. The van der Waals surface area contributed by atoms with Crippen molar-refractivity contribution < 1.29 is 4.92 Å². The number of hydrogen-bond acceptors (Lipinski definition) is 4. The molecule has 0 amide bonds. The van der Waals surface area contributed by atoms with E-state index < -0.39 is 0 Å². The summed E-state index contributed by atoms with van der Waals surface area (Å²) in [5.74, 6) is 0.521. The summed E-state index contributed by atoms with van der Waals surface area (Å²) in [6, 6.07) is 5.52. The summed E-state index contributed by atoms with van der Waals surface area (Å²) < 4.78 is 0.877. The molecule has 0 aliphatic carbocycles. The molecule has 0 spiro atoms. The van der Waals surface area contributed by atoms with Crippen LogP contribution in [-0.4, -0.2) is 24.1 Å². The Hall–Kier alpha value is -0.890. The van der Waals surface area contributed by atoms with Gasteiger partial charge in [-0.2, -0.15) is 0 Å². The Kier molecular flexibility index (Phi) is 4.98. The average Bonchev–Trinajstić information content (AvgIpc) is 2.41. The SMILES string of the molecule is CC(Nc1ccc(I)cc1[N+](=O)[O-])C1CCCNC1. The van der Waals surface area contributed by atoms with Gasteiger partial charge in [-0.1, -0.05) is 0 Å². The van der Waals surface area contributed by atoms with Gasteiger partial charge in [-0.25, -0.2) is 0 Å². The van der Waals surface area contributed by atoms with E-state index in [1.807, 2.05) is 6.07 Å². The molecule has 19 heavy (non-hydrogen) atoms. The second kappa shape index (κ2) is 6.51. The molecule has 2 unspecified atom stereocenters. The number of anilines is 1. The van der Waals surface area contributed by atoms with Crippen LogP contribution in [0.3, 0.4) is 0 Å². The average molecular weight is 375 g/mol. The minimum atomic E-state index is -0.323. The molecule has 1 fully saturated rings. The van der Waals surface area contributed by atoms with Gasteiger partial charge in [-0.3, -0.25) is 10.1 Å². The highest BCUT2D eigenvalue weighted by Gasteiger charge is 2.22. The number of nitrogens with one attached hydrogen (secondary N) is 2. The summed E-state index contributed by atoms with van der Waals surface area (Å²) in [7, 11) is 0. The van der Waals surface area contributed by atoms with Crippen molar-refractivity contribution >= 4 is 34.0 Å². The van der Waals surface area contributed by atoms with Gasteiger partial charge in [0.1, 0.15) is 5.69 Å². The standard InChI is InChI=1S/C13H18IN3O2/c1-9(10-3-2-6-15-8-10)16-12-5-4-11(14)7-13(12)17(18)19/h4-5,7,9-10,15-16H,2-3,6,8H2,1H3. The lowest BCUT2D eigenvalue weighted by atomic mass is 9.92. The maximum Gasteiger partial charge on any atom is 0.293 e. The van der Waals surface area contributed by atoms with Crippen LogP contribution in [0.4, 0.5) is 11.4 Å². The smallest absolute Gasteiger partial charge is 0.293 e. The van der Waals surface area contributed by atoms with Crippen molar-refractivity contribution in [3.63, 3.8) is 0 Å². The molecule has 0 bridgehead atoms. The first-order valence-corrected chi connectivity index (χ1v) is 7.57. The molecule has 104 valence electrons. The Labute approximate surface area is 126 Å². The van der Waals surface area contributed by atoms with Crippen molar-refractivity contribution in [2.75, 3.05) is 18.4 Å². The number of piperidine rings is 1. The third-order valence-corrected chi connectivity index (χ3v) is 4.25. The molecular weight excluding hydrogens is 357 g/mol. The molecule has 1 aliphatic rings. The van der Waals surface area contributed by atoms with Gasteiger partial charge >= 0.3 is 0 Å². The van der Waals surface area contributed by atoms with Gasteiger partial charge in [0, 0.05) is 15.7 Å². The number of nitro benzene ring substituents is 1. The predicted octanol–water partition coefficient (Wildman–Crippen LogP) is 3.00. The van der Waals surface area contributed by atoms with Gasteiger partial charge in [0.15, 0.2) is 0 Å². The zero-order valence-electron chi connectivity index (χ0n) is 10.9. The maximum atomic E-state index is 11.1. The molecule has 2 atom stereocenters. The van der Waals surface area contributed by atoms with Crippen LogP contribution in [0.1, 0.15) is 19.8 Å². The number of nitro groups is 1. The number of benzene rings is 1. The summed E-state index contributed by atoms with van der Waals surface area (Å²) in [5.41, 5.74) is 0.769. The van der Waals surface area contributed by atoms with E-state index in [9.17, 15) is 10.1 Å². The lowest BCUT2D eigenvalue weighted by Crippen LogP contribution is -2.38. The summed E-state index contributed by atoms with van der Waals surface area (Å²) in [6.45, 7) is 4.15. The summed E-state index contributed by atoms with van der Waals surface area (Å²) in [5, 5.41) is 17.8. The number of halogens is 1. The fraction of sp³-hybridized carbons (Fsp3) is 0.538. The van der Waals surface area contributed by atoms with E-state index in [1.54, 1.807) is 12.1 Å². The van der Waals surface area contributed by atoms with Gasteiger partial charge < -0.3 is 10.6 Å². The Bertz CT molecular complexity index is 461. The zero-order valence-corrected chi connectivity index (χ0v) is 13.0. The van der Waals surface area contributed by atoms with Crippen LogP contribution in [0.5, 0.6) is 0 Å². The zero-order chi connectivity index (χ0) is 13.8. The second-order valence-electron chi connectivity index (χ2n) is 4.96. The van der Waals surface area contributed by atoms with Crippen molar-refractivity contribution in [3.05, 3.63) is 31.9 Å². The van der Waals surface area contributed by atoms with Gasteiger partial charge in [0.2, 0.25) is 0 Å². The fourth-order valence-electron chi connectivity index (χ4n) is 2.45. The van der Waals surface area contributed by atoms with E-state index in [2.05, 4.69) is 40.1 Å². The molecule has 6 heteroatoms. The van der Waals surface area contributed by atoms with Gasteiger partial charge in [-0.05, 0) is 73.5 Å². The maximum absolute atomic E-state index is 11.1. The molecule has 5 nitrogen and oxygen atoms in total. The minimum Gasteiger partial charge on any atom is -0.377 e. The molecule has 0 aromatic heterocycles. The summed E-state index contributed by atoms with van der Waals surface area (Å²) >= 11 is 2.09. The quantitative estimate of drug-likeness (QED) is 0.482. The molecule has 1 aromatic carbocycles. The van der Waals surface area contributed by atoms with Crippen LogP contribution >= 0.6 is 22.6 Å². The van der Waals surface area contributed by atoms with Crippen LogP contribution in [0, 0.1) is 19.6 Å². The number of hydrogen-bond donors (Lipinski definition) is 2. The fourth-order valence-corrected chi connectivity index (χ4v) is 2.92. The van der Waals surface area contributed by atoms with E-state index in [-0.39, 0.29) is 16.7 Å². The Morgan fingerprint density at radius 1 is 1.58 bits per heavy atom. The minimum absolute atomic E-state index is 0.155. The number of rotatable bonds is 4. The Morgan fingerprint density at radius 3 is 3.00 bits per heavy atom. The molecule has 1 saturated heterocycles. The topological polar surface area (TPSA) is 67.2 Å². The first kappa shape index (κ1) is 14.5. The third kappa shape index (κ3) is 3.79.